The number of ether oxygens (including phenoxy) is 1. The van der Waals surface area contributed by atoms with E-state index in [1.54, 1.807) is 0 Å². The molecule has 0 N–H and O–H groups in total. The molecule has 0 aromatic heterocycles. The molecule has 0 unspecified atom stereocenters. The van der Waals surface area contributed by atoms with Crippen LogP contribution in [-0.4, -0.2) is 54.7 Å². The Hall–Kier alpha value is -0.610. The van der Waals surface area contributed by atoms with Gasteiger partial charge < -0.3 is 14.5 Å². The van der Waals surface area contributed by atoms with Crippen LogP contribution < -0.4 is 0 Å². The smallest absolute Gasteiger partial charge is 0.225 e. The fourth-order valence-electron chi connectivity index (χ4n) is 1.59. The lowest BCUT2D eigenvalue weighted by molar-refractivity contribution is -0.139. The van der Waals surface area contributed by atoms with E-state index in [2.05, 4.69) is 39.6 Å². The Morgan fingerprint density at radius 3 is 2.11 bits per heavy atom. The highest BCUT2D eigenvalue weighted by atomic mass is 16.5. The first kappa shape index (κ1) is 18.4. The van der Waals surface area contributed by atoms with Crippen molar-refractivity contribution in [2.45, 2.75) is 60.1 Å². The second-order valence-electron chi connectivity index (χ2n) is 6.18. The summed E-state index contributed by atoms with van der Waals surface area (Å²) >= 11 is 0. The first-order valence-corrected chi connectivity index (χ1v) is 7.33. The van der Waals surface area contributed by atoms with Gasteiger partial charge in [-0.1, -0.05) is 13.8 Å². The summed E-state index contributed by atoms with van der Waals surface area (Å²) in [5.74, 6) is 0.643. The zero-order valence-corrected chi connectivity index (χ0v) is 13.8. The van der Waals surface area contributed by atoms with Crippen molar-refractivity contribution >= 4 is 5.91 Å². The lowest BCUT2D eigenvalue weighted by Crippen LogP contribution is -2.39. The minimum Gasteiger partial charge on any atom is -0.358 e. The lowest BCUT2D eigenvalue weighted by atomic mass is 10.2. The largest absolute Gasteiger partial charge is 0.358 e. The molecule has 0 rings (SSSR count). The molecule has 0 fully saturated rings. The highest BCUT2D eigenvalue weighted by molar-refractivity contribution is 5.76. The second kappa shape index (κ2) is 9.32. The molecule has 4 nitrogen and oxygen atoms in total. The molecule has 0 aromatic carbocycles. The van der Waals surface area contributed by atoms with Crippen molar-refractivity contribution in [3.63, 3.8) is 0 Å². The topological polar surface area (TPSA) is 32.8 Å². The van der Waals surface area contributed by atoms with Gasteiger partial charge in [-0.25, -0.2) is 0 Å². The quantitative estimate of drug-likeness (QED) is 0.605. The summed E-state index contributed by atoms with van der Waals surface area (Å²) in [6.07, 6.45) is 0.712. The maximum atomic E-state index is 12.2. The van der Waals surface area contributed by atoms with Crippen LogP contribution in [0.25, 0.3) is 0 Å². The van der Waals surface area contributed by atoms with Crippen molar-refractivity contribution in [3.8, 4) is 0 Å². The number of hydrogen-bond donors (Lipinski definition) is 0. The number of hydrogen-bond acceptors (Lipinski definition) is 3. The maximum Gasteiger partial charge on any atom is 0.225 e. The molecule has 0 aromatic rings. The van der Waals surface area contributed by atoms with Crippen LogP contribution >= 0.6 is 0 Å². The van der Waals surface area contributed by atoms with Crippen molar-refractivity contribution in [1.29, 1.82) is 0 Å². The van der Waals surface area contributed by atoms with E-state index in [4.69, 9.17) is 4.74 Å². The average molecular weight is 272 g/mol. The van der Waals surface area contributed by atoms with Gasteiger partial charge in [0.2, 0.25) is 5.91 Å². The van der Waals surface area contributed by atoms with Crippen LogP contribution in [0.15, 0.2) is 0 Å². The Kier molecular flexibility index (Phi) is 9.02. The van der Waals surface area contributed by atoms with Gasteiger partial charge in [0, 0.05) is 25.6 Å². The Morgan fingerprint density at radius 1 is 1.11 bits per heavy atom. The van der Waals surface area contributed by atoms with Crippen LogP contribution in [-0.2, 0) is 9.53 Å². The summed E-state index contributed by atoms with van der Waals surface area (Å²) in [7, 11) is 2.05. The van der Waals surface area contributed by atoms with Gasteiger partial charge in [0.05, 0.1) is 6.10 Å². The van der Waals surface area contributed by atoms with Crippen molar-refractivity contribution < 1.29 is 9.53 Å². The van der Waals surface area contributed by atoms with Crippen molar-refractivity contribution in [1.82, 2.24) is 9.80 Å². The van der Waals surface area contributed by atoms with Crippen LogP contribution in [0.2, 0.25) is 0 Å². The lowest BCUT2D eigenvalue weighted by Gasteiger charge is -2.27. The fourth-order valence-corrected chi connectivity index (χ4v) is 1.59. The van der Waals surface area contributed by atoms with Gasteiger partial charge in [0.25, 0.3) is 0 Å². The summed E-state index contributed by atoms with van der Waals surface area (Å²) in [5.41, 5.74) is 0. The summed E-state index contributed by atoms with van der Waals surface area (Å²) in [6.45, 7) is 14.5. The standard InChI is InChI=1S/C15H32N2O2/c1-12(2)10-17(11-19-14(5)6)15(18)8-9-16(7)13(3)4/h12-14H,8-11H2,1-7H3. The molecule has 19 heavy (non-hydrogen) atoms. The number of nitrogens with zero attached hydrogens (tertiary/aromatic N) is 2. The Balaban J connectivity index is 4.29. The van der Waals surface area contributed by atoms with Crippen LogP contribution in [0.3, 0.4) is 0 Å². The third-order valence-corrected chi connectivity index (χ3v) is 3.06. The van der Waals surface area contributed by atoms with E-state index in [1.807, 2.05) is 18.7 Å². The van der Waals surface area contributed by atoms with E-state index in [0.29, 0.717) is 25.1 Å². The summed E-state index contributed by atoms with van der Waals surface area (Å²) in [5, 5.41) is 0. The van der Waals surface area contributed by atoms with Crippen LogP contribution in [0.1, 0.15) is 48.0 Å². The van der Waals surface area contributed by atoms with Gasteiger partial charge in [-0.05, 0) is 40.7 Å². The van der Waals surface area contributed by atoms with E-state index >= 15 is 0 Å². The van der Waals surface area contributed by atoms with Gasteiger partial charge in [0.1, 0.15) is 6.73 Å². The highest BCUT2D eigenvalue weighted by Gasteiger charge is 2.16. The molecule has 114 valence electrons. The summed E-state index contributed by atoms with van der Waals surface area (Å²) in [4.78, 5) is 16.3. The van der Waals surface area contributed by atoms with E-state index in [0.717, 1.165) is 13.1 Å². The molecule has 0 heterocycles. The maximum absolute atomic E-state index is 12.2. The van der Waals surface area contributed by atoms with Crippen molar-refractivity contribution in [2.24, 2.45) is 5.92 Å². The zero-order valence-electron chi connectivity index (χ0n) is 13.8. The average Bonchev–Trinajstić information content (AvgIpc) is 2.29. The van der Waals surface area contributed by atoms with Crippen molar-refractivity contribution in [3.05, 3.63) is 0 Å². The molecule has 0 radical (unpaired) electrons. The number of carbonyl (C=O) groups excluding carboxylic acids is 1. The molecule has 0 aliphatic carbocycles. The molecule has 0 aliphatic rings. The number of amides is 1. The normalized spacial score (nSPS) is 11.9. The molecule has 0 saturated carbocycles. The van der Waals surface area contributed by atoms with Crippen LogP contribution in [0.4, 0.5) is 0 Å². The number of rotatable bonds is 9. The Bertz CT molecular complexity index is 253. The first-order valence-electron chi connectivity index (χ1n) is 7.33. The van der Waals surface area contributed by atoms with E-state index in [-0.39, 0.29) is 12.0 Å². The third kappa shape index (κ3) is 9.00. The predicted molar refractivity (Wildman–Crippen MR) is 80.0 cm³/mol. The van der Waals surface area contributed by atoms with Gasteiger partial charge >= 0.3 is 0 Å². The fraction of sp³-hybridized carbons (Fsp3) is 0.933. The third-order valence-electron chi connectivity index (χ3n) is 3.06. The molecule has 0 bridgehead atoms. The summed E-state index contributed by atoms with van der Waals surface area (Å²) < 4.78 is 5.57. The monoisotopic (exact) mass is 272 g/mol. The Labute approximate surface area is 119 Å². The van der Waals surface area contributed by atoms with Gasteiger partial charge in [0.15, 0.2) is 0 Å². The Morgan fingerprint density at radius 2 is 1.68 bits per heavy atom. The molecule has 0 atom stereocenters. The molecule has 0 aliphatic heterocycles. The van der Waals surface area contributed by atoms with Gasteiger partial charge in [-0.15, -0.1) is 0 Å². The van der Waals surface area contributed by atoms with Crippen LogP contribution in [0.5, 0.6) is 0 Å². The zero-order chi connectivity index (χ0) is 15.0. The first-order chi connectivity index (χ1) is 8.73. The van der Waals surface area contributed by atoms with Crippen molar-refractivity contribution in [2.75, 3.05) is 26.9 Å². The molecule has 0 spiro atoms. The minimum absolute atomic E-state index is 0.154. The predicted octanol–water partition coefficient (Wildman–Crippen LogP) is 2.58. The second-order valence-corrected chi connectivity index (χ2v) is 6.18. The minimum atomic E-state index is 0.154. The van der Waals surface area contributed by atoms with Gasteiger partial charge in [-0.2, -0.15) is 0 Å². The van der Waals surface area contributed by atoms with Gasteiger partial charge in [-0.3, -0.25) is 4.79 Å². The van der Waals surface area contributed by atoms with Crippen LogP contribution in [0, 0.1) is 5.92 Å². The highest BCUT2D eigenvalue weighted by Crippen LogP contribution is 2.05. The van der Waals surface area contributed by atoms with E-state index in [9.17, 15) is 4.79 Å². The molecular weight excluding hydrogens is 240 g/mol. The molecule has 0 saturated heterocycles. The molecule has 4 heteroatoms. The van der Waals surface area contributed by atoms with E-state index in [1.165, 1.54) is 0 Å². The molecule has 1 amide bonds. The molecular formula is C15H32N2O2. The number of carbonyl (C=O) groups is 1. The SMILES string of the molecule is CC(C)CN(COC(C)C)C(=O)CCN(C)C(C)C. The van der Waals surface area contributed by atoms with E-state index < -0.39 is 0 Å². The summed E-state index contributed by atoms with van der Waals surface area (Å²) in [6, 6.07) is 0.471.